The molecule has 1 atom stereocenters. The average Bonchev–Trinajstić information content (AvgIpc) is 3.44. The van der Waals surface area contributed by atoms with Crippen LogP contribution in [0.5, 0.6) is 0 Å². The van der Waals surface area contributed by atoms with Gasteiger partial charge in [0.1, 0.15) is 5.69 Å². The van der Waals surface area contributed by atoms with Gasteiger partial charge in [-0.2, -0.15) is 5.10 Å². The van der Waals surface area contributed by atoms with E-state index in [1.54, 1.807) is 12.1 Å². The number of aliphatic carboxylic acids is 1. The van der Waals surface area contributed by atoms with E-state index in [9.17, 15) is 14.7 Å². The SMILES string of the molecule is Cc1ccc(NC(=O)C[C@H](CCC(=O)O)c2noc(-c3cc(CC(C)C)n(C)n3)c2C2CC2)c(Cl)c1. The Labute approximate surface area is 216 Å². The van der Waals surface area contributed by atoms with Crippen molar-refractivity contribution in [3.8, 4) is 11.5 Å². The minimum absolute atomic E-state index is 0.0718. The number of nitrogens with zero attached hydrogens (tertiary/aromatic N) is 3. The molecule has 1 aliphatic rings. The Balaban J connectivity index is 1.63. The lowest BCUT2D eigenvalue weighted by molar-refractivity contribution is -0.137. The van der Waals surface area contributed by atoms with Gasteiger partial charge in [0.15, 0.2) is 5.76 Å². The van der Waals surface area contributed by atoms with Gasteiger partial charge in [-0.15, -0.1) is 0 Å². The van der Waals surface area contributed by atoms with Crippen LogP contribution in [-0.4, -0.2) is 31.9 Å². The van der Waals surface area contributed by atoms with Crippen molar-refractivity contribution in [3.05, 3.63) is 51.8 Å². The molecule has 0 radical (unpaired) electrons. The van der Waals surface area contributed by atoms with Crippen molar-refractivity contribution in [2.45, 2.75) is 71.1 Å². The first-order valence-corrected chi connectivity index (χ1v) is 12.8. The highest BCUT2D eigenvalue weighted by atomic mass is 35.5. The normalized spacial score (nSPS) is 14.3. The fourth-order valence-electron chi connectivity index (χ4n) is 4.56. The maximum Gasteiger partial charge on any atom is 0.303 e. The van der Waals surface area contributed by atoms with E-state index in [0.29, 0.717) is 28.1 Å². The lowest BCUT2D eigenvalue weighted by atomic mass is 9.90. The summed E-state index contributed by atoms with van der Waals surface area (Å²) in [6, 6.07) is 7.46. The second-order valence-corrected chi connectivity index (χ2v) is 10.6. The third kappa shape index (κ3) is 6.16. The molecule has 0 spiro atoms. The van der Waals surface area contributed by atoms with Gasteiger partial charge in [0.05, 0.1) is 16.4 Å². The van der Waals surface area contributed by atoms with Gasteiger partial charge in [-0.25, -0.2) is 0 Å². The predicted octanol–water partition coefficient (Wildman–Crippen LogP) is 6.09. The van der Waals surface area contributed by atoms with Gasteiger partial charge < -0.3 is 14.9 Å². The molecule has 1 aromatic carbocycles. The molecule has 8 nitrogen and oxygen atoms in total. The summed E-state index contributed by atoms with van der Waals surface area (Å²) in [6.45, 7) is 6.25. The number of nitrogens with one attached hydrogen (secondary N) is 1. The lowest BCUT2D eigenvalue weighted by Gasteiger charge is -2.16. The van der Waals surface area contributed by atoms with Crippen molar-refractivity contribution in [3.63, 3.8) is 0 Å². The molecular weight excluding hydrogens is 480 g/mol. The number of hydrogen-bond donors (Lipinski definition) is 2. The molecule has 4 rings (SSSR count). The molecule has 0 unspecified atom stereocenters. The number of rotatable bonds is 11. The van der Waals surface area contributed by atoms with Crippen LogP contribution < -0.4 is 5.32 Å². The van der Waals surface area contributed by atoms with E-state index in [1.807, 2.05) is 30.8 Å². The van der Waals surface area contributed by atoms with Gasteiger partial charge in [0.2, 0.25) is 5.91 Å². The number of benzene rings is 1. The molecule has 3 aromatic rings. The van der Waals surface area contributed by atoms with E-state index in [4.69, 9.17) is 16.1 Å². The maximum atomic E-state index is 13.0. The third-order valence-corrected chi connectivity index (χ3v) is 6.80. The van der Waals surface area contributed by atoms with Crippen LogP contribution in [0.15, 0.2) is 28.8 Å². The Hall–Kier alpha value is -3.13. The zero-order chi connectivity index (χ0) is 26.0. The topological polar surface area (TPSA) is 110 Å². The Morgan fingerprint density at radius 2 is 2.03 bits per heavy atom. The largest absolute Gasteiger partial charge is 0.481 e. The van der Waals surface area contributed by atoms with E-state index in [-0.39, 0.29) is 31.1 Å². The number of anilines is 1. The van der Waals surface area contributed by atoms with E-state index >= 15 is 0 Å². The van der Waals surface area contributed by atoms with Crippen LogP contribution in [0.1, 0.15) is 80.3 Å². The number of hydrogen-bond acceptors (Lipinski definition) is 5. The number of halogens is 1. The number of carboxylic acid groups (broad SMARTS) is 1. The van der Waals surface area contributed by atoms with Gasteiger partial charge in [-0.1, -0.05) is 36.7 Å². The molecule has 9 heteroatoms. The predicted molar refractivity (Wildman–Crippen MR) is 138 cm³/mol. The summed E-state index contributed by atoms with van der Waals surface area (Å²) in [5.74, 6) is -0.181. The Kier molecular flexibility index (Phi) is 7.83. The first-order chi connectivity index (χ1) is 17.1. The Morgan fingerprint density at radius 3 is 2.67 bits per heavy atom. The van der Waals surface area contributed by atoms with Crippen LogP contribution in [0.3, 0.4) is 0 Å². The molecule has 1 saturated carbocycles. The van der Waals surface area contributed by atoms with Crippen LogP contribution >= 0.6 is 11.6 Å². The van der Waals surface area contributed by atoms with Crippen molar-refractivity contribution in [2.24, 2.45) is 13.0 Å². The Bertz CT molecular complexity index is 1260. The Morgan fingerprint density at radius 1 is 1.28 bits per heavy atom. The molecule has 192 valence electrons. The first-order valence-electron chi connectivity index (χ1n) is 12.4. The quantitative estimate of drug-likeness (QED) is 0.321. The van der Waals surface area contributed by atoms with Gasteiger partial charge >= 0.3 is 5.97 Å². The first kappa shape index (κ1) is 25.9. The van der Waals surface area contributed by atoms with Crippen LogP contribution in [0, 0.1) is 12.8 Å². The molecule has 2 heterocycles. The smallest absolute Gasteiger partial charge is 0.303 e. The number of carbonyl (C=O) groups excluding carboxylic acids is 1. The van der Waals surface area contributed by atoms with Crippen LogP contribution in [0.4, 0.5) is 5.69 Å². The molecule has 0 aliphatic heterocycles. The number of amides is 1. The molecule has 36 heavy (non-hydrogen) atoms. The maximum absolute atomic E-state index is 13.0. The lowest BCUT2D eigenvalue weighted by Crippen LogP contribution is -2.17. The summed E-state index contributed by atoms with van der Waals surface area (Å²) in [7, 11) is 1.92. The molecule has 1 aliphatic carbocycles. The van der Waals surface area contributed by atoms with Crippen molar-refractivity contribution >= 4 is 29.2 Å². The minimum Gasteiger partial charge on any atom is -0.481 e. The van der Waals surface area contributed by atoms with Crippen LogP contribution in [-0.2, 0) is 23.1 Å². The van der Waals surface area contributed by atoms with Crippen LogP contribution in [0.25, 0.3) is 11.5 Å². The molecule has 2 N–H and O–H groups in total. The fourth-order valence-corrected chi connectivity index (χ4v) is 4.84. The van der Waals surface area contributed by atoms with Crippen molar-refractivity contribution in [1.82, 2.24) is 14.9 Å². The zero-order valence-electron chi connectivity index (χ0n) is 21.2. The molecule has 2 aromatic heterocycles. The average molecular weight is 513 g/mol. The molecule has 0 saturated heterocycles. The van der Waals surface area contributed by atoms with E-state index in [0.717, 1.165) is 41.8 Å². The second kappa shape index (κ2) is 10.9. The molecule has 0 bridgehead atoms. The summed E-state index contributed by atoms with van der Waals surface area (Å²) in [5.41, 5.74) is 4.97. The number of carboxylic acids is 1. The number of aromatic nitrogens is 3. The number of carbonyl (C=O) groups is 2. The summed E-state index contributed by atoms with van der Waals surface area (Å²) in [5, 5.41) is 21.7. The van der Waals surface area contributed by atoms with Gasteiger partial charge in [-0.05, 0) is 68.2 Å². The fraction of sp³-hybridized carbons (Fsp3) is 0.481. The summed E-state index contributed by atoms with van der Waals surface area (Å²) < 4.78 is 7.72. The number of aryl methyl sites for hydroxylation is 2. The van der Waals surface area contributed by atoms with E-state index in [2.05, 4.69) is 29.4 Å². The third-order valence-electron chi connectivity index (χ3n) is 6.49. The summed E-state index contributed by atoms with van der Waals surface area (Å²) in [6.07, 6.45) is 3.18. The van der Waals surface area contributed by atoms with E-state index in [1.165, 1.54) is 0 Å². The summed E-state index contributed by atoms with van der Waals surface area (Å²) >= 11 is 6.29. The van der Waals surface area contributed by atoms with Crippen molar-refractivity contribution < 1.29 is 19.2 Å². The highest BCUT2D eigenvalue weighted by molar-refractivity contribution is 6.33. The zero-order valence-corrected chi connectivity index (χ0v) is 21.9. The highest BCUT2D eigenvalue weighted by Crippen LogP contribution is 2.48. The second-order valence-electron chi connectivity index (χ2n) is 10.2. The molecule has 1 amide bonds. The van der Waals surface area contributed by atoms with Gasteiger partial charge in [-0.3, -0.25) is 14.3 Å². The van der Waals surface area contributed by atoms with Gasteiger partial charge in [0, 0.05) is 37.1 Å². The summed E-state index contributed by atoms with van der Waals surface area (Å²) in [4.78, 5) is 24.4. The monoisotopic (exact) mass is 512 g/mol. The van der Waals surface area contributed by atoms with Gasteiger partial charge in [0.25, 0.3) is 0 Å². The minimum atomic E-state index is -0.915. The van der Waals surface area contributed by atoms with E-state index < -0.39 is 11.9 Å². The van der Waals surface area contributed by atoms with Crippen LogP contribution in [0.2, 0.25) is 5.02 Å². The molecule has 1 fully saturated rings. The highest BCUT2D eigenvalue weighted by Gasteiger charge is 2.37. The van der Waals surface area contributed by atoms with Crippen molar-refractivity contribution in [1.29, 1.82) is 0 Å². The van der Waals surface area contributed by atoms with Crippen molar-refractivity contribution in [2.75, 3.05) is 5.32 Å². The molecular formula is C27H33ClN4O4. The standard InChI is InChI=1S/C27H33ClN4O4/c1-15(2)11-19-14-22(30-32(19)4)27-25(17-6-7-17)26(31-36-27)18(8-10-24(34)35)13-23(33)29-21-9-5-16(3)12-20(21)28/h5,9,12,14-15,17-18H,6-8,10-11,13H2,1-4H3,(H,29,33)(H,34,35)/t18-/m0/s1.